The van der Waals surface area contributed by atoms with E-state index in [9.17, 15) is 23.8 Å². The first kappa shape index (κ1) is 53.2. The third-order valence-corrected chi connectivity index (χ3v) is 10.7. The zero-order chi connectivity index (χ0) is 40.7. The number of nitrogens with two attached hydrogens (primary N) is 1. The van der Waals surface area contributed by atoms with E-state index in [0.717, 1.165) is 57.8 Å². The van der Waals surface area contributed by atoms with Crippen molar-refractivity contribution in [2.75, 3.05) is 19.8 Å². The zero-order valence-corrected chi connectivity index (χ0v) is 35.9. The Bertz CT molecular complexity index is 995. The van der Waals surface area contributed by atoms with Crippen LogP contribution < -0.4 is 5.73 Å². The number of rotatable bonds is 42. The van der Waals surface area contributed by atoms with Crippen LogP contribution in [0.1, 0.15) is 213 Å². The number of hydrogen-bond acceptors (Lipinski definition) is 9. The fourth-order valence-electron chi connectivity index (χ4n) is 6.24. The molecule has 0 heterocycles. The van der Waals surface area contributed by atoms with Gasteiger partial charge in [-0.05, 0) is 38.5 Å². The molecule has 0 spiro atoms. The van der Waals surface area contributed by atoms with Crippen molar-refractivity contribution in [1.29, 1.82) is 0 Å². The van der Waals surface area contributed by atoms with Crippen LogP contribution in [0.15, 0.2) is 12.2 Å². The average molecular weight is 804 g/mol. The second kappa shape index (κ2) is 39.1. The lowest BCUT2D eigenvalue weighted by Gasteiger charge is -2.20. The fourth-order valence-corrected chi connectivity index (χ4v) is 7.02. The maximum Gasteiger partial charge on any atom is 0.472 e. The molecule has 0 bridgehead atoms. The van der Waals surface area contributed by atoms with E-state index in [1.54, 1.807) is 0 Å². The topological polar surface area (TPSA) is 172 Å². The zero-order valence-electron chi connectivity index (χ0n) is 35.0. The lowest BCUT2D eigenvalue weighted by Crippen LogP contribution is -2.34. The molecule has 0 saturated carbocycles. The van der Waals surface area contributed by atoms with Gasteiger partial charge < -0.3 is 25.2 Å². The SMILES string of the molecule is CCCCCC/C=C\CCCCCCCC(=O)OC[C@H](COP(=O)(O)OC[C@H](N)C(=O)O)OC(=O)CCCCCCCCCCCCCCCCCCCC. The first-order valence-corrected chi connectivity index (χ1v) is 23.7. The molecule has 324 valence electrons. The van der Waals surface area contributed by atoms with Crippen LogP contribution in [-0.2, 0) is 37.5 Å². The predicted molar refractivity (Wildman–Crippen MR) is 222 cm³/mol. The van der Waals surface area contributed by atoms with E-state index in [0.29, 0.717) is 12.8 Å². The molecule has 4 N–H and O–H groups in total. The Labute approximate surface area is 335 Å². The van der Waals surface area contributed by atoms with Gasteiger partial charge in [-0.15, -0.1) is 0 Å². The summed E-state index contributed by atoms with van der Waals surface area (Å²) in [6.07, 6.45) is 38.4. The van der Waals surface area contributed by atoms with Crippen molar-refractivity contribution in [3.05, 3.63) is 12.2 Å². The summed E-state index contributed by atoms with van der Waals surface area (Å²) >= 11 is 0. The Kier molecular flexibility index (Phi) is 37.8. The van der Waals surface area contributed by atoms with Gasteiger partial charge >= 0.3 is 25.7 Å². The minimum Gasteiger partial charge on any atom is -0.480 e. The summed E-state index contributed by atoms with van der Waals surface area (Å²) in [5.41, 5.74) is 5.33. The Hall–Kier alpha value is -1.78. The third-order valence-electron chi connectivity index (χ3n) is 9.76. The van der Waals surface area contributed by atoms with Gasteiger partial charge in [-0.25, -0.2) is 4.57 Å². The fraction of sp³-hybridized carbons (Fsp3) is 0.884. The minimum atomic E-state index is -4.71. The molecule has 0 aliphatic rings. The number of phosphoric ester groups is 1. The number of carboxylic acid groups (broad SMARTS) is 1. The smallest absolute Gasteiger partial charge is 0.472 e. The summed E-state index contributed by atoms with van der Waals surface area (Å²) < 4.78 is 32.7. The number of unbranched alkanes of at least 4 members (excludes halogenated alkanes) is 26. The van der Waals surface area contributed by atoms with Crippen molar-refractivity contribution in [2.45, 2.75) is 225 Å². The monoisotopic (exact) mass is 804 g/mol. The van der Waals surface area contributed by atoms with E-state index in [1.807, 2.05) is 0 Å². The van der Waals surface area contributed by atoms with Crippen LogP contribution in [-0.4, -0.2) is 59.9 Å². The van der Waals surface area contributed by atoms with Crippen molar-refractivity contribution in [3.63, 3.8) is 0 Å². The first-order valence-electron chi connectivity index (χ1n) is 22.2. The van der Waals surface area contributed by atoms with Crippen molar-refractivity contribution in [3.8, 4) is 0 Å². The maximum atomic E-state index is 12.6. The van der Waals surface area contributed by atoms with Crippen molar-refractivity contribution in [1.82, 2.24) is 0 Å². The molecule has 0 aromatic rings. The highest BCUT2D eigenvalue weighted by Crippen LogP contribution is 2.43. The van der Waals surface area contributed by atoms with Crippen LogP contribution in [0.5, 0.6) is 0 Å². The van der Waals surface area contributed by atoms with E-state index in [4.69, 9.17) is 24.8 Å². The molecule has 55 heavy (non-hydrogen) atoms. The van der Waals surface area contributed by atoms with E-state index in [2.05, 4.69) is 30.5 Å². The lowest BCUT2D eigenvalue weighted by atomic mass is 10.0. The molecule has 0 aromatic heterocycles. The number of aliphatic carboxylic acids is 1. The van der Waals surface area contributed by atoms with Crippen LogP contribution in [0, 0.1) is 0 Å². The van der Waals surface area contributed by atoms with E-state index in [1.165, 1.54) is 116 Å². The molecular weight excluding hydrogens is 721 g/mol. The number of esters is 2. The molecule has 12 heteroatoms. The number of carboxylic acids is 1. The summed E-state index contributed by atoms with van der Waals surface area (Å²) in [6.45, 7) is 2.80. The lowest BCUT2D eigenvalue weighted by molar-refractivity contribution is -0.161. The normalized spacial score (nSPS) is 13.8. The quantitative estimate of drug-likeness (QED) is 0.0232. The van der Waals surface area contributed by atoms with Gasteiger partial charge in [0.2, 0.25) is 0 Å². The summed E-state index contributed by atoms with van der Waals surface area (Å²) in [5.74, 6) is -2.38. The summed E-state index contributed by atoms with van der Waals surface area (Å²) in [5, 5.41) is 8.88. The van der Waals surface area contributed by atoms with Gasteiger partial charge in [0.05, 0.1) is 13.2 Å². The number of carbonyl (C=O) groups is 3. The molecule has 0 aliphatic heterocycles. The van der Waals surface area contributed by atoms with E-state index < -0.39 is 51.1 Å². The van der Waals surface area contributed by atoms with Crippen molar-refractivity contribution < 1.29 is 47.5 Å². The number of ether oxygens (including phenoxy) is 2. The number of hydrogen-bond donors (Lipinski definition) is 3. The average Bonchev–Trinajstić information content (AvgIpc) is 3.16. The number of phosphoric acid groups is 1. The molecular formula is C43H82NO10P. The van der Waals surface area contributed by atoms with E-state index in [-0.39, 0.29) is 19.4 Å². The molecule has 1 unspecified atom stereocenters. The van der Waals surface area contributed by atoms with Crippen LogP contribution >= 0.6 is 7.82 Å². The molecule has 0 saturated heterocycles. The molecule has 0 aromatic carbocycles. The molecule has 0 rings (SSSR count). The van der Waals surface area contributed by atoms with Gasteiger partial charge in [0, 0.05) is 12.8 Å². The van der Waals surface area contributed by atoms with Gasteiger partial charge in [0.15, 0.2) is 6.10 Å². The van der Waals surface area contributed by atoms with Crippen LogP contribution in [0.3, 0.4) is 0 Å². The Balaban J connectivity index is 4.31. The summed E-state index contributed by atoms with van der Waals surface area (Å²) in [6, 6.07) is -1.52. The molecule has 11 nitrogen and oxygen atoms in total. The molecule has 0 fully saturated rings. The maximum absolute atomic E-state index is 12.6. The highest BCUT2D eigenvalue weighted by atomic mass is 31.2. The second-order valence-corrected chi connectivity index (χ2v) is 16.6. The van der Waals surface area contributed by atoms with Gasteiger partial charge in [-0.3, -0.25) is 23.4 Å². The van der Waals surface area contributed by atoms with Gasteiger partial charge in [-0.1, -0.05) is 174 Å². The van der Waals surface area contributed by atoms with Crippen LogP contribution in [0.25, 0.3) is 0 Å². The highest BCUT2D eigenvalue weighted by Gasteiger charge is 2.28. The standard InChI is InChI=1S/C43H82NO10P/c1-3-5-7-9-11-13-15-17-18-19-20-21-23-25-27-29-31-33-35-42(46)54-39(37-52-55(49,50)53-38-40(44)43(47)48)36-51-41(45)34-32-30-28-26-24-22-16-14-12-10-8-6-4-2/h14,16,39-40H,3-13,15,17-38,44H2,1-2H3,(H,47,48)(H,49,50)/b16-14-/t39-,40+/m1/s1. The van der Waals surface area contributed by atoms with Gasteiger partial charge in [0.1, 0.15) is 12.6 Å². The molecule has 0 amide bonds. The van der Waals surface area contributed by atoms with Gasteiger partial charge in [0.25, 0.3) is 0 Å². The van der Waals surface area contributed by atoms with Crippen molar-refractivity contribution in [2.24, 2.45) is 5.73 Å². The van der Waals surface area contributed by atoms with Crippen LogP contribution in [0.4, 0.5) is 0 Å². The Morgan fingerprint density at radius 1 is 0.545 bits per heavy atom. The van der Waals surface area contributed by atoms with E-state index >= 15 is 0 Å². The Morgan fingerprint density at radius 3 is 1.35 bits per heavy atom. The predicted octanol–water partition coefficient (Wildman–Crippen LogP) is 11.7. The first-order chi connectivity index (χ1) is 26.6. The highest BCUT2D eigenvalue weighted by molar-refractivity contribution is 7.47. The largest absolute Gasteiger partial charge is 0.480 e. The second-order valence-electron chi connectivity index (χ2n) is 15.2. The molecule has 0 radical (unpaired) electrons. The van der Waals surface area contributed by atoms with Crippen molar-refractivity contribution >= 4 is 25.7 Å². The molecule has 0 aliphatic carbocycles. The molecule has 3 atom stereocenters. The number of allylic oxidation sites excluding steroid dienone is 2. The Morgan fingerprint density at radius 2 is 0.909 bits per heavy atom. The summed E-state index contributed by atoms with van der Waals surface area (Å²) in [7, 11) is -4.71. The van der Waals surface area contributed by atoms with Gasteiger partial charge in [-0.2, -0.15) is 0 Å². The third kappa shape index (κ3) is 38.9. The minimum absolute atomic E-state index is 0.165. The van der Waals surface area contributed by atoms with Crippen LogP contribution in [0.2, 0.25) is 0 Å². The number of carbonyl (C=O) groups excluding carboxylic acids is 2. The summed E-state index contributed by atoms with van der Waals surface area (Å²) in [4.78, 5) is 45.9.